The number of hydrogen-bond donors (Lipinski definition) is 2. The van der Waals surface area contributed by atoms with E-state index in [0.717, 1.165) is 17.0 Å². The highest BCUT2D eigenvalue weighted by Gasteiger charge is 2.01. The quantitative estimate of drug-likeness (QED) is 0.849. The first-order chi connectivity index (χ1) is 8.19. The van der Waals surface area contributed by atoms with Crippen molar-refractivity contribution < 1.29 is 4.74 Å². The molecule has 0 saturated heterocycles. The van der Waals surface area contributed by atoms with Crippen LogP contribution < -0.4 is 15.8 Å². The summed E-state index contributed by atoms with van der Waals surface area (Å²) in [6.45, 7) is 1.96. The normalized spacial score (nSPS) is 10.0. The highest BCUT2D eigenvalue weighted by atomic mass is 16.5. The van der Waals surface area contributed by atoms with E-state index in [1.165, 1.54) is 0 Å². The molecule has 2 aromatic rings. The molecule has 88 valence electrons. The Balaban J connectivity index is 2.19. The highest BCUT2D eigenvalue weighted by Crippen LogP contribution is 2.22. The largest absolute Gasteiger partial charge is 0.497 e. The van der Waals surface area contributed by atoms with E-state index in [4.69, 9.17) is 10.5 Å². The minimum absolute atomic E-state index is 0.640. The van der Waals surface area contributed by atoms with E-state index in [1.807, 2.05) is 37.3 Å². The summed E-state index contributed by atoms with van der Waals surface area (Å²) >= 11 is 0. The van der Waals surface area contributed by atoms with Gasteiger partial charge in [-0.25, -0.2) is 4.98 Å². The Hall–Kier alpha value is -2.23. The average molecular weight is 229 g/mol. The molecule has 0 aliphatic heterocycles. The van der Waals surface area contributed by atoms with Gasteiger partial charge in [0.2, 0.25) is 0 Å². The number of pyridine rings is 1. The summed E-state index contributed by atoms with van der Waals surface area (Å²) in [6.07, 6.45) is 1.78. The maximum Gasteiger partial charge on any atom is 0.153 e. The lowest BCUT2D eigenvalue weighted by Gasteiger charge is -2.09. The molecule has 0 saturated carbocycles. The SMILES string of the molecule is COc1ccc(Nc2ncc(C)cc2N)cc1. The molecule has 4 nitrogen and oxygen atoms in total. The van der Waals surface area contributed by atoms with Crippen molar-refractivity contribution in [3.05, 3.63) is 42.1 Å². The first-order valence-electron chi connectivity index (χ1n) is 5.32. The lowest BCUT2D eigenvalue weighted by atomic mass is 10.2. The standard InChI is InChI=1S/C13H15N3O/c1-9-7-12(14)13(15-8-9)16-10-3-5-11(17-2)6-4-10/h3-8H,14H2,1-2H3,(H,15,16). The van der Waals surface area contributed by atoms with Gasteiger partial charge in [0, 0.05) is 11.9 Å². The fourth-order valence-corrected chi connectivity index (χ4v) is 1.51. The lowest BCUT2D eigenvalue weighted by molar-refractivity contribution is 0.415. The first-order valence-corrected chi connectivity index (χ1v) is 5.32. The Morgan fingerprint density at radius 1 is 1.24 bits per heavy atom. The van der Waals surface area contributed by atoms with Crippen LogP contribution in [0.2, 0.25) is 0 Å². The van der Waals surface area contributed by atoms with Gasteiger partial charge in [0.05, 0.1) is 12.8 Å². The summed E-state index contributed by atoms with van der Waals surface area (Å²) in [5.74, 6) is 1.49. The van der Waals surface area contributed by atoms with Crippen LogP contribution in [-0.2, 0) is 0 Å². The van der Waals surface area contributed by atoms with E-state index in [2.05, 4.69) is 10.3 Å². The van der Waals surface area contributed by atoms with Crippen LogP contribution in [0.3, 0.4) is 0 Å². The van der Waals surface area contributed by atoms with Crippen molar-refractivity contribution in [2.75, 3.05) is 18.2 Å². The fourth-order valence-electron chi connectivity index (χ4n) is 1.51. The van der Waals surface area contributed by atoms with Crippen molar-refractivity contribution in [3.8, 4) is 5.75 Å². The van der Waals surface area contributed by atoms with Crippen LogP contribution in [0, 0.1) is 6.92 Å². The number of ether oxygens (including phenoxy) is 1. The third kappa shape index (κ3) is 2.66. The number of nitrogen functional groups attached to an aromatic ring is 1. The number of hydrogen-bond acceptors (Lipinski definition) is 4. The van der Waals surface area contributed by atoms with E-state index in [1.54, 1.807) is 13.3 Å². The van der Waals surface area contributed by atoms with Gasteiger partial charge in [-0.15, -0.1) is 0 Å². The molecule has 0 bridgehead atoms. The predicted molar refractivity (Wildman–Crippen MR) is 69.7 cm³/mol. The molecule has 0 atom stereocenters. The van der Waals surface area contributed by atoms with Crippen LogP contribution >= 0.6 is 0 Å². The molecule has 2 rings (SSSR count). The summed E-state index contributed by atoms with van der Waals surface area (Å²) in [7, 11) is 1.64. The molecule has 0 aliphatic rings. The lowest BCUT2D eigenvalue weighted by Crippen LogP contribution is -1.99. The molecule has 0 spiro atoms. The summed E-state index contributed by atoms with van der Waals surface area (Å²) in [6, 6.07) is 9.48. The van der Waals surface area contributed by atoms with Gasteiger partial charge < -0.3 is 15.8 Å². The van der Waals surface area contributed by atoms with E-state index in [0.29, 0.717) is 11.5 Å². The van der Waals surface area contributed by atoms with Gasteiger partial charge in [-0.1, -0.05) is 0 Å². The molecule has 1 aromatic carbocycles. The number of nitrogens with zero attached hydrogens (tertiary/aromatic N) is 1. The zero-order valence-corrected chi connectivity index (χ0v) is 9.90. The summed E-state index contributed by atoms with van der Waals surface area (Å²) in [4.78, 5) is 4.25. The number of anilines is 3. The maximum atomic E-state index is 5.88. The number of rotatable bonds is 3. The molecule has 0 radical (unpaired) electrons. The molecular weight excluding hydrogens is 214 g/mol. The zero-order chi connectivity index (χ0) is 12.3. The minimum Gasteiger partial charge on any atom is -0.497 e. The Morgan fingerprint density at radius 3 is 2.53 bits per heavy atom. The van der Waals surface area contributed by atoms with Crippen molar-refractivity contribution in [2.45, 2.75) is 6.92 Å². The molecule has 0 amide bonds. The number of methoxy groups -OCH3 is 1. The highest BCUT2D eigenvalue weighted by molar-refractivity contribution is 5.69. The Bertz CT molecular complexity index is 509. The maximum absolute atomic E-state index is 5.88. The molecule has 1 heterocycles. The molecule has 17 heavy (non-hydrogen) atoms. The van der Waals surface area contributed by atoms with Gasteiger partial charge in [-0.3, -0.25) is 0 Å². The molecule has 0 unspecified atom stereocenters. The zero-order valence-electron chi connectivity index (χ0n) is 9.90. The Kier molecular flexibility index (Phi) is 3.14. The molecule has 0 aliphatic carbocycles. The third-order valence-electron chi connectivity index (χ3n) is 2.41. The number of aromatic nitrogens is 1. The molecule has 0 fully saturated rings. The minimum atomic E-state index is 0.640. The van der Waals surface area contributed by atoms with Crippen molar-refractivity contribution in [3.63, 3.8) is 0 Å². The van der Waals surface area contributed by atoms with Crippen LogP contribution in [0.1, 0.15) is 5.56 Å². The second-order valence-corrected chi connectivity index (χ2v) is 3.80. The summed E-state index contributed by atoms with van der Waals surface area (Å²) < 4.78 is 5.09. The van der Waals surface area contributed by atoms with Gasteiger partial charge in [0.15, 0.2) is 5.82 Å². The van der Waals surface area contributed by atoms with Gasteiger partial charge in [-0.05, 0) is 42.8 Å². The van der Waals surface area contributed by atoms with Crippen LogP contribution in [0.4, 0.5) is 17.2 Å². The van der Waals surface area contributed by atoms with Gasteiger partial charge >= 0.3 is 0 Å². The van der Waals surface area contributed by atoms with E-state index >= 15 is 0 Å². The van der Waals surface area contributed by atoms with E-state index in [-0.39, 0.29) is 0 Å². The summed E-state index contributed by atoms with van der Waals surface area (Å²) in [5, 5.41) is 3.16. The van der Waals surface area contributed by atoms with Crippen molar-refractivity contribution in [1.82, 2.24) is 4.98 Å². The number of benzene rings is 1. The average Bonchev–Trinajstić information content (AvgIpc) is 2.34. The van der Waals surface area contributed by atoms with E-state index in [9.17, 15) is 0 Å². The second-order valence-electron chi connectivity index (χ2n) is 3.80. The van der Waals surface area contributed by atoms with Gasteiger partial charge in [0.1, 0.15) is 5.75 Å². The molecular formula is C13H15N3O. The van der Waals surface area contributed by atoms with Crippen LogP contribution in [0.15, 0.2) is 36.5 Å². The monoisotopic (exact) mass is 229 g/mol. The third-order valence-corrected chi connectivity index (χ3v) is 2.41. The smallest absolute Gasteiger partial charge is 0.153 e. The second kappa shape index (κ2) is 4.74. The van der Waals surface area contributed by atoms with Crippen LogP contribution in [-0.4, -0.2) is 12.1 Å². The van der Waals surface area contributed by atoms with Crippen LogP contribution in [0.25, 0.3) is 0 Å². The number of aryl methyl sites for hydroxylation is 1. The number of nitrogens with two attached hydrogens (primary N) is 1. The number of nitrogens with one attached hydrogen (secondary N) is 1. The van der Waals surface area contributed by atoms with Crippen LogP contribution in [0.5, 0.6) is 5.75 Å². The molecule has 3 N–H and O–H groups in total. The Morgan fingerprint density at radius 2 is 1.94 bits per heavy atom. The van der Waals surface area contributed by atoms with E-state index < -0.39 is 0 Å². The molecule has 4 heteroatoms. The first kappa shape index (κ1) is 11.3. The predicted octanol–water partition coefficient (Wildman–Crippen LogP) is 2.72. The van der Waals surface area contributed by atoms with Gasteiger partial charge in [0.25, 0.3) is 0 Å². The van der Waals surface area contributed by atoms with Gasteiger partial charge in [-0.2, -0.15) is 0 Å². The topological polar surface area (TPSA) is 60.2 Å². The Labute approximate surface area is 100 Å². The molecule has 1 aromatic heterocycles. The van der Waals surface area contributed by atoms with Crippen molar-refractivity contribution in [1.29, 1.82) is 0 Å². The van der Waals surface area contributed by atoms with Crippen molar-refractivity contribution in [2.24, 2.45) is 0 Å². The summed E-state index contributed by atoms with van der Waals surface area (Å²) in [5.41, 5.74) is 8.48. The van der Waals surface area contributed by atoms with Crippen molar-refractivity contribution >= 4 is 17.2 Å². The fraction of sp³-hybridized carbons (Fsp3) is 0.154.